The first-order valence-corrected chi connectivity index (χ1v) is 8.11. The van der Waals surface area contributed by atoms with Crippen molar-refractivity contribution in [2.75, 3.05) is 11.9 Å². The number of carboxylic acid groups (broad SMARTS) is 1. The van der Waals surface area contributed by atoms with Gasteiger partial charge in [0.05, 0.1) is 5.56 Å². The van der Waals surface area contributed by atoms with Gasteiger partial charge in [-0.3, -0.25) is 4.79 Å². The largest absolute Gasteiger partial charge is 0.478 e. The van der Waals surface area contributed by atoms with E-state index in [1.165, 1.54) is 24.4 Å². The third-order valence-corrected chi connectivity index (χ3v) is 3.84. The quantitative estimate of drug-likeness (QED) is 0.395. The molecule has 0 aromatic heterocycles. The van der Waals surface area contributed by atoms with Crippen LogP contribution in [0.25, 0.3) is 0 Å². The maximum Gasteiger partial charge on any atom is 0.335 e. The van der Waals surface area contributed by atoms with E-state index in [1.54, 1.807) is 12.1 Å². The van der Waals surface area contributed by atoms with Gasteiger partial charge in [-0.05, 0) is 36.2 Å². The van der Waals surface area contributed by atoms with Gasteiger partial charge in [0.15, 0.2) is 0 Å². The van der Waals surface area contributed by atoms with Crippen LogP contribution in [0.1, 0.15) is 15.9 Å². The lowest BCUT2D eigenvalue weighted by Gasteiger charge is -2.07. The number of amides is 1. The van der Waals surface area contributed by atoms with Crippen molar-refractivity contribution in [2.45, 2.75) is 6.42 Å². The van der Waals surface area contributed by atoms with E-state index in [0.29, 0.717) is 23.7 Å². The molecular formula is C19H16ClN3O3. The molecular weight excluding hydrogens is 354 g/mol. The number of halogens is 1. The number of hydrogen-bond acceptors (Lipinski definition) is 4. The third kappa shape index (κ3) is 5.36. The molecule has 1 amide bonds. The Bertz CT molecular complexity index is 888. The van der Waals surface area contributed by atoms with Crippen LogP contribution in [0.2, 0.25) is 5.02 Å². The molecule has 6 nitrogen and oxygen atoms in total. The summed E-state index contributed by atoms with van der Waals surface area (Å²) in [6.45, 7) is 0.497. The van der Waals surface area contributed by atoms with Gasteiger partial charge < -0.3 is 15.7 Å². The summed E-state index contributed by atoms with van der Waals surface area (Å²) in [4.78, 5) is 23.1. The van der Waals surface area contributed by atoms with E-state index in [4.69, 9.17) is 22.0 Å². The molecule has 0 saturated carbocycles. The minimum absolute atomic E-state index is 0.0446. The van der Waals surface area contributed by atoms with Crippen molar-refractivity contribution in [3.63, 3.8) is 0 Å². The zero-order chi connectivity index (χ0) is 18.9. The van der Waals surface area contributed by atoms with E-state index in [9.17, 15) is 9.59 Å². The highest BCUT2D eigenvalue weighted by Gasteiger charge is 2.10. The van der Waals surface area contributed by atoms with Crippen molar-refractivity contribution in [1.29, 1.82) is 5.26 Å². The molecule has 132 valence electrons. The number of nitrogens with zero attached hydrogens (tertiary/aromatic N) is 1. The summed E-state index contributed by atoms with van der Waals surface area (Å²) in [5.74, 6) is -1.72. The predicted molar refractivity (Wildman–Crippen MR) is 98.9 cm³/mol. The van der Waals surface area contributed by atoms with Crippen molar-refractivity contribution in [3.8, 4) is 6.07 Å². The standard InChI is InChI=1S/C19H16ClN3O3/c20-17-7-2-1-4-13(17)8-9-22-12-15(11-21)18(24)23-16-6-3-5-14(10-16)19(25)26/h1-7,10,12,22H,8-9H2,(H,23,24)(H,25,26)/b15-12-. The number of nitriles is 1. The Labute approximate surface area is 155 Å². The van der Waals surface area contributed by atoms with Gasteiger partial charge in [-0.15, -0.1) is 0 Å². The van der Waals surface area contributed by atoms with Crippen molar-refractivity contribution in [1.82, 2.24) is 5.32 Å². The Kier molecular flexibility index (Phi) is 6.77. The van der Waals surface area contributed by atoms with E-state index in [1.807, 2.05) is 24.3 Å². The Morgan fingerprint density at radius 2 is 1.96 bits per heavy atom. The second kappa shape index (κ2) is 9.25. The Morgan fingerprint density at radius 3 is 2.65 bits per heavy atom. The van der Waals surface area contributed by atoms with E-state index in [2.05, 4.69) is 10.6 Å². The summed E-state index contributed by atoms with van der Waals surface area (Å²) in [5.41, 5.74) is 1.18. The highest BCUT2D eigenvalue weighted by Crippen LogP contribution is 2.15. The van der Waals surface area contributed by atoms with E-state index < -0.39 is 11.9 Å². The van der Waals surface area contributed by atoms with Crippen LogP contribution < -0.4 is 10.6 Å². The summed E-state index contributed by atoms with van der Waals surface area (Å²) in [5, 5.41) is 24.2. The van der Waals surface area contributed by atoms with Crippen LogP contribution in [0.4, 0.5) is 5.69 Å². The van der Waals surface area contributed by atoms with Crippen LogP contribution in [0, 0.1) is 11.3 Å². The normalized spacial score (nSPS) is 10.7. The number of rotatable bonds is 7. The minimum atomic E-state index is -1.10. The average molecular weight is 370 g/mol. The van der Waals surface area contributed by atoms with E-state index >= 15 is 0 Å². The first kappa shape index (κ1) is 19.0. The number of nitrogens with one attached hydrogen (secondary N) is 2. The lowest BCUT2D eigenvalue weighted by atomic mass is 10.1. The number of carbonyl (C=O) groups excluding carboxylic acids is 1. The van der Waals surface area contributed by atoms with Crippen LogP contribution in [0.15, 0.2) is 60.3 Å². The van der Waals surface area contributed by atoms with Crippen molar-refractivity contribution in [2.24, 2.45) is 0 Å². The minimum Gasteiger partial charge on any atom is -0.478 e. The third-order valence-electron chi connectivity index (χ3n) is 3.48. The second-order valence-corrected chi connectivity index (χ2v) is 5.71. The van der Waals surface area contributed by atoms with Crippen molar-refractivity contribution < 1.29 is 14.7 Å². The van der Waals surface area contributed by atoms with Gasteiger partial charge >= 0.3 is 5.97 Å². The number of benzene rings is 2. The summed E-state index contributed by atoms with van der Waals surface area (Å²) >= 11 is 6.07. The smallest absolute Gasteiger partial charge is 0.335 e. The van der Waals surface area contributed by atoms with Gasteiger partial charge in [-0.25, -0.2) is 4.79 Å². The zero-order valence-electron chi connectivity index (χ0n) is 13.7. The summed E-state index contributed by atoms with van der Waals surface area (Å²) < 4.78 is 0. The molecule has 26 heavy (non-hydrogen) atoms. The van der Waals surface area contributed by atoms with Crippen LogP contribution in [-0.4, -0.2) is 23.5 Å². The zero-order valence-corrected chi connectivity index (χ0v) is 14.5. The van der Waals surface area contributed by atoms with Crippen molar-refractivity contribution >= 4 is 29.2 Å². The maximum absolute atomic E-state index is 12.1. The SMILES string of the molecule is N#C/C(=C/NCCc1ccccc1Cl)C(=O)Nc1cccc(C(=O)O)c1. The lowest BCUT2D eigenvalue weighted by Crippen LogP contribution is -2.18. The van der Waals surface area contributed by atoms with Gasteiger partial charge in [-0.1, -0.05) is 35.9 Å². The summed E-state index contributed by atoms with van der Waals surface area (Å²) in [6.07, 6.45) is 1.96. The topological polar surface area (TPSA) is 102 Å². The molecule has 0 aliphatic rings. The fraction of sp³-hybridized carbons (Fsp3) is 0.105. The second-order valence-electron chi connectivity index (χ2n) is 5.31. The van der Waals surface area contributed by atoms with Gasteiger partial charge in [0.2, 0.25) is 0 Å². The number of aromatic carboxylic acids is 1. The van der Waals surface area contributed by atoms with Gasteiger partial charge in [0, 0.05) is 23.5 Å². The molecule has 0 radical (unpaired) electrons. The number of anilines is 1. The maximum atomic E-state index is 12.1. The molecule has 0 aliphatic heterocycles. The molecule has 0 saturated heterocycles. The number of carbonyl (C=O) groups is 2. The predicted octanol–water partition coefficient (Wildman–Crippen LogP) is 3.22. The first-order chi connectivity index (χ1) is 12.5. The molecule has 0 bridgehead atoms. The van der Waals surface area contributed by atoms with Crippen molar-refractivity contribution in [3.05, 3.63) is 76.5 Å². The molecule has 0 aliphatic carbocycles. The van der Waals surface area contributed by atoms with Crippen LogP contribution in [-0.2, 0) is 11.2 Å². The molecule has 7 heteroatoms. The molecule has 0 spiro atoms. The Morgan fingerprint density at radius 1 is 1.19 bits per heavy atom. The van der Waals surface area contributed by atoms with Crippen LogP contribution in [0.5, 0.6) is 0 Å². The van der Waals surface area contributed by atoms with E-state index in [0.717, 1.165) is 5.56 Å². The Balaban J connectivity index is 1.94. The summed E-state index contributed by atoms with van der Waals surface area (Å²) in [7, 11) is 0. The van der Waals surface area contributed by atoms with Gasteiger partial charge in [0.25, 0.3) is 5.91 Å². The van der Waals surface area contributed by atoms with Gasteiger partial charge in [-0.2, -0.15) is 5.26 Å². The molecule has 2 aromatic carbocycles. The van der Waals surface area contributed by atoms with Gasteiger partial charge in [0.1, 0.15) is 11.6 Å². The fourth-order valence-corrected chi connectivity index (χ4v) is 2.39. The molecule has 0 heterocycles. The molecule has 2 aromatic rings. The van der Waals surface area contributed by atoms with Crippen LogP contribution >= 0.6 is 11.6 Å². The summed E-state index contributed by atoms with van der Waals surface area (Å²) in [6, 6.07) is 15.0. The molecule has 0 fully saturated rings. The Hall–Kier alpha value is -3.30. The molecule has 3 N–H and O–H groups in total. The molecule has 0 atom stereocenters. The first-order valence-electron chi connectivity index (χ1n) is 7.73. The van der Waals surface area contributed by atoms with Crippen LogP contribution in [0.3, 0.4) is 0 Å². The fourth-order valence-electron chi connectivity index (χ4n) is 2.16. The van der Waals surface area contributed by atoms with E-state index in [-0.39, 0.29) is 11.1 Å². The number of hydrogen-bond donors (Lipinski definition) is 3. The highest BCUT2D eigenvalue weighted by molar-refractivity contribution is 6.31. The monoisotopic (exact) mass is 369 g/mol. The molecule has 2 rings (SSSR count). The molecule has 0 unspecified atom stereocenters. The lowest BCUT2D eigenvalue weighted by molar-refractivity contribution is -0.112. The highest BCUT2D eigenvalue weighted by atomic mass is 35.5. The average Bonchev–Trinajstić information content (AvgIpc) is 2.63. The number of carboxylic acids is 1.